The van der Waals surface area contributed by atoms with Crippen LogP contribution in [-0.2, 0) is 4.79 Å². The first-order chi connectivity index (χ1) is 10.2. The number of carboxylic acids is 1. The third kappa shape index (κ3) is 20.7. The zero-order valence-corrected chi connectivity index (χ0v) is 18.9. The number of unbranched alkanes of at least 4 members (excludes halogenated alkanes) is 8. The molecule has 0 aromatic heterocycles. The number of rotatable bonds is 15. The zero-order valence-electron chi connectivity index (χ0n) is 14.4. The Hall–Kier alpha value is 0.741. The Morgan fingerprint density at radius 1 is 0.955 bits per heavy atom. The minimum atomic E-state index is -0.689. The van der Waals surface area contributed by atoms with Crippen LogP contribution in [0.5, 0.6) is 0 Å². The van der Waals surface area contributed by atoms with Gasteiger partial charge in [0.2, 0.25) is 0 Å². The van der Waals surface area contributed by atoms with Gasteiger partial charge in [0, 0.05) is 55.3 Å². The first kappa shape index (κ1) is 25.0. The number of allylic oxidation sites excluding steroid dienone is 1. The fourth-order valence-electron chi connectivity index (χ4n) is 2.36. The van der Waals surface area contributed by atoms with Crippen LogP contribution >= 0.6 is 0 Å². The first-order valence-electron chi connectivity index (χ1n) is 8.71. The van der Waals surface area contributed by atoms with E-state index >= 15 is 0 Å². The molecular weight excluding hydrogens is 402 g/mol. The van der Waals surface area contributed by atoms with Crippen molar-refractivity contribution in [2.24, 2.45) is 0 Å². The number of hydrogen-bond donors (Lipinski definition) is 2. The summed E-state index contributed by atoms with van der Waals surface area (Å²) in [5, 5.41) is 18.3. The van der Waals surface area contributed by atoms with E-state index in [0.29, 0.717) is 6.42 Å². The van der Waals surface area contributed by atoms with Gasteiger partial charge in [0.1, 0.15) is 0 Å². The molecule has 1 atom stereocenters. The summed E-state index contributed by atoms with van der Waals surface area (Å²) in [6.07, 6.45) is 17.4. The van der Waals surface area contributed by atoms with Crippen molar-refractivity contribution in [2.45, 2.75) is 96.5 Å². The first-order valence-corrected chi connectivity index (χ1v) is 8.71. The molecule has 2 radical (unpaired) electrons. The normalized spacial score (nSPS) is 12.3. The Labute approximate surface area is 177 Å². The molecule has 0 bridgehead atoms. The molecule has 0 aromatic carbocycles. The van der Waals surface area contributed by atoms with Gasteiger partial charge >= 0.3 is 5.97 Å². The summed E-state index contributed by atoms with van der Waals surface area (Å²) in [6, 6.07) is 0. The van der Waals surface area contributed by atoms with Crippen LogP contribution in [0, 0.1) is 0 Å². The van der Waals surface area contributed by atoms with Gasteiger partial charge in [-0.25, -0.2) is 0 Å². The molecule has 2 N–H and O–H groups in total. The van der Waals surface area contributed by atoms with Crippen molar-refractivity contribution in [3.05, 3.63) is 12.2 Å². The van der Waals surface area contributed by atoms with Gasteiger partial charge in [-0.3, -0.25) is 4.79 Å². The maximum atomic E-state index is 10.3. The molecule has 0 saturated carbocycles. The molecule has 22 heavy (non-hydrogen) atoms. The number of aliphatic hydroxyl groups excluding tert-OH is 1. The van der Waals surface area contributed by atoms with Gasteiger partial charge in [0.05, 0.1) is 6.10 Å². The molecule has 0 amide bonds. The number of hydrogen-bond acceptors (Lipinski definition) is 2. The average molecular weight is 436 g/mol. The predicted molar refractivity (Wildman–Crippen MR) is 94.2 cm³/mol. The van der Waals surface area contributed by atoms with E-state index in [0.717, 1.165) is 51.4 Å². The van der Waals surface area contributed by atoms with E-state index in [1.54, 1.807) is 0 Å². The maximum Gasteiger partial charge on any atom is 0.303 e. The molecule has 4 heteroatoms. The molecule has 0 aliphatic heterocycles. The third-order valence-electron chi connectivity index (χ3n) is 3.73. The third-order valence-corrected chi connectivity index (χ3v) is 3.73. The molecule has 0 rings (SSSR count). The van der Waals surface area contributed by atoms with E-state index in [4.69, 9.17) is 5.11 Å². The van der Waals surface area contributed by atoms with Gasteiger partial charge in [-0.2, -0.15) is 0 Å². The summed E-state index contributed by atoms with van der Waals surface area (Å²) in [5.74, 6) is -0.689. The van der Waals surface area contributed by atoms with Crippen LogP contribution in [0.15, 0.2) is 12.2 Å². The van der Waals surface area contributed by atoms with Crippen molar-refractivity contribution >= 4 is 54.9 Å². The average Bonchev–Trinajstić information content (AvgIpc) is 2.45. The van der Waals surface area contributed by atoms with Crippen molar-refractivity contribution in [3.63, 3.8) is 0 Å². The van der Waals surface area contributed by atoms with E-state index in [2.05, 4.69) is 19.1 Å². The Morgan fingerprint density at radius 3 is 2.27 bits per heavy atom. The Kier molecular flexibility index (Phi) is 22.5. The van der Waals surface area contributed by atoms with Crippen molar-refractivity contribution in [1.29, 1.82) is 0 Å². The van der Waals surface area contributed by atoms with E-state index in [1.807, 2.05) is 0 Å². The molecule has 0 aliphatic carbocycles. The largest absolute Gasteiger partial charge is 0.481 e. The Balaban J connectivity index is 0. The molecule has 0 saturated heterocycles. The molecular formula is C18H34BaO3. The number of aliphatic carboxylic acids is 1. The number of carboxylic acid groups (broad SMARTS) is 1. The standard InChI is InChI=1S/C18H34O3.Ba/c1-2-3-4-11-14-17(19)15-12-9-7-5-6-8-10-13-16-18(20)21;/h9,12,17,19H,2-8,10-11,13-16H2,1H3,(H,20,21);/b12-9+;. The van der Waals surface area contributed by atoms with Gasteiger partial charge in [-0.1, -0.05) is 64.0 Å². The van der Waals surface area contributed by atoms with Gasteiger partial charge < -0.3 is 10.2 Å². The van der Waals surface area contributed by atoms with Crippen LogP contribution in [0.3, 0.4) is 0 Å². The minimum Gasteiger partial charge on any atom is -0.481 e. The Morgan fingerprint density at radius 2 is 1.59 bits per heavy atom. The van der Waals surface area contributed by atoms with Crippen molar-refractivity contribution in [2.75, 3.05) is 0 Å². The molecule has 0 fully saturated rings. The van der Waals surface area contributed by atoms with Crippen molar-refractivity contribution < 1.29 is 15.0 Å². The second kappa shape index (κ2) is 19.8. The van der Waals surface area contributed by atoms with Crippen LogP contribution in [0.25, 0.3) is 0 Å². The quantitative estimate of drug-likeness (QED) is 0.223. The summed E-state index contributed by atoms with van der Waals surface area (Å²) in [4.78, 5) is 10.3. The molecule has 126 valence electrons. The van der Waals surface area contributed by atoms with Crippen LogP contribution in [0.1, 0.15) is 90.4 Å². The summed E-state index contributed by atoms with van der Waals surface area (Å²) >= 11 is 0. The molecule has 0 spiro atoms. The van der Waals surface area contributed by atoms with E-state index in [-0.39, 0.29) is 55.0 Å². The van der Waals surface area contributed by atoms with E-state index < -0.39 is 5.97 Å². The monoisotopic (exact) mass is 436 g/mol. The molecule has 0 heterocycles. The van der Waals surface area contributed by atoms with Crippen LogP contribution in [0.4, 0.5) is 0 Å². The summed E-state index contributed by atoms with van der Waals surface area (Å²) in [5.41, 5.74) is 0. The fourth-order valence-corrected chi connectivity index (χ4v) is 2.36. The van der Waals surface area contributed by atoms with E-state index in [1.165, 1.54) is 25.7 Å². The predicted octanol–water partition coefficient (Wildman–Crippen LogP) is 4.70. The number of aliphatic hydroxyl groups is 1. The summed E-state index contributed by atoms with van der Waals surface area (Å²) in [7, 11) is 0. The second-order valence-electron chi connectivity index (χ2n) is 5.91. The smallest absolute Gasteiger partial charge is 0.303 e. The fraction of sp³-hybridized carbons (Fsp3) is 0.833. The summed E-state index contributed by atoms with van der Waals surface area (Å²) < 4.78 is 0. The maximum absolute atomic E-state index is 10.3. The minimum absolute atomic E-state index is 0. The topological polar surface area (TPSA) is 57.5 Å². The van der Waals surface area contributed by atoms with Crippen LogP contribution in [0.2, 0.25) is 0 Å². The molecule has 3 nitrogen and oxygen atoms in total. The molecule has 1 unspecified atom stereocenters. The van der Waals surface area contributed by atoms with Crippen LogP contribution in [-0.4, -0.2) is 71.2 Å². The van der Waals surface area contributed by atoms with Crippen molar-refractivity contribution in [1.82, 2.24) is 0 Å². The van der Waals surface area contributed by atoms with Gasteiger partial charge in [0.25, 0.3) is 0 Å². The van der Waals surface area contributed by atoms with E-state index in [9.17, 15) is 9.90 Å². The molecule has 0 aromatic rings. The second-order valence-corrected chi connectivity index (χ2v) is 5.91. The van der Waals surface area contributed by atoms with Gasteiger partial charge in [-0.15, -0.1) is 0 Å². The SMILES string of the molecule is CCCCCCC(O)C/C=C/CCCCCCCC(=O)O.[Ba]. The molecule has 0 aliphatic rings. The Bertz CT molecular complexity index is 267. The van der Waals surface area contributed by atoms with Crippen LogP contribution < -0.4 is 0 Å². The zero-order chi connectivity index (χ0) is 15.8. The van der Waals surface area contributed by atoms with Gasteiger partial charge in [-0.05, 0) is 32.1 Å². The number of carbonyl (C=O) groups is 1. The summed E-state index contributed by atoms with van der Waals surface area (Å²) in [6.45, 7) is 2.20. The van der Waals surface area contributed by atoms with Gasteiger partial charge in [0.15, 0.2) is 0 Å². The van der Waals surface area contributed by atoms with Crippen molar-refractivity contribution in [3.8, 4) is 0 Å².